The number of aryl methyl sites for hydroxylation is 1. The molecule has 0 saturated carbocycles. The van der Waals surface area contributed by atoms with Crippen molar-refractivity contribution in [3.05, 3.63) is 119 Å². The Bertz CT molecular complexity index is 1690. The average molecular weight is 544 g/mol. The van der Waals surface area contributed by atoms with Crippen LogP contribution < -0.4 is 10.6 Å². The molecule has 4 aromatic carbocycles. The van der Waals surface area contributed by atoms with Gasteiger partial charge in [-0.1, -0.05) is 60.7 Å². The molecule has 0 bridgehead atoms. The number of furan rings is 1. The van der Waals surface area contributed by atoms with Crippen LogP contribution in [0, 0.1) is 6.92 Å². The van der Waals surface area contributed by atoms with Crippen molar-refractivity contribution in [1.29, 1.82) is 0 Å². The molecule has 0 radical (unpaired) electrons. The number of phenols is 1. The molecule has 1 aliphatic rings. The summed E-state index contributed by atoms with van der Waals surface area (Å²) >= 11 is 0. The Kier molecular flexibility index (Phi) is 7.30. The Labute approximate surface area is 239 Å². The van der Waals surface area contributed by atoms with E-state index in [2.05, 4.69) is 70.9 Å². The number of hydrogen-bond donors (Lipinski definition) is 3. The van der Waals surface area contributed by atoms with Crippen molar-refractivity contribution in [2.24, 2.45) is 4.99 Å². The fourth-order valence-corrected chi connectivity index (χ4v) is 5.71. The maximum absolute atomic E-state index is 13.6. The van der Waals surface area contributed by atoms with E-state index in [-0.39, 0.29) is 17.7 Å². The molecule has 1 aliphatic heterocycles. The Morgan fingerprint density at radius 1 is 1.05 bits per heavy atom. The minimum Gasteiger partial charge on any atom is -0.508 e. The summed E-state index contributed by atoms with van der Waals surface area (Å²) in [7, 11) is 0. The highest BCUT2D eigenvalue weighted by atomic mass is 16.3. The third-order valence-corrected chi connectivity index (χ3v) is 7.86. The van der Waals surface area contributed by atoms with Crippen LogP contribution in [-0.4, -0.2) is 30.3 Å². The number of nitrogens with zero attached hydrogens (tertiary/aromatic N) is 1. The molecule has 1 amide bonds. The molecule has 2 heterocycles. The largest absolute Gasteiger partial charge is 0.508 e. The lowest BCUT2D eigenvalue weighted by Gasteiger charge is -2.30. The highest BCUT2D eigenvalue weighted by molar-refractivity contribution is 5.88. The third-order valence-electron chi connectivity index (χ3n) is 7.86. The van der Waals surface area contributed by atoms with Crippen LogP contribution in [0.15, 0.2) is 100 Å². The van der Waals surface area contributed by atoms with E-state index in [1.165, 1.54) is 5.56 Å². The zero-order valence-corrected chi connectivity index (χ0v) is 23.1. The first-order valence-corrected chi connectivity index (χ1v) is 14.0. The van der Waals surface area contributed by atoms with E-state index in [1.54, 1.807) is 12.1 Å². The first-order valence-electron chi connectivity index (χ1n) is 14.0. The van der Waals surface area contributed by atoms with Crippen molar-refractivity contribution in [3.8, 4) is 17.1 Å². The van der Waals surface area contributed by atoms with Gasteiger partial charge in [0.25, 0.3) is 0 Å². The van der Waals surface area contributed by atoms with E-state index in [1.807, 2.05) is 37.3 Å². The highest BCUT2D eigenvalue weighted by Gasteiger charge is 2.28. The van der Waals surface area contributed by atoms with Crippen LogP contribution >= 0.6 is 0 Å². The number of phenolic OH excluding ortho intramolecular Hbond substituents is 1. The van der Waals surface area contributed by atoms with Gasteiger partial charge in [0.2, 0.25) is 5.91 Å². The van der Waals surface area contributed by atoms with E-state index in [0.717, 1.165) is 63.1 Å². The molecule has 206 valence electrons. The summed E-state index contributed by atoms with van der Waals surface area (Å²) in [5.41, 5.74) is 8.08. The molecule has 3 N–H and O–H groups in total. The van der Waals surface area contributed by atoms with E-state index in [4.69, 9.17) is 4.42 Å². The molecule has 0 spiro atoms. The number of aliphatic imine (C=N–C) groups is 1. The zero-order valence-electron chi connectivity index (χ0n) is 23.1. The number of carbonyl (C=O) groups excluding carboxylic acids is 1. The van der Waals surface area contributed by atoms with Crippen LogP contribution in [0.5, 0.6) is 5.75 Å². The topological polar surface area (TPSA) is 86.9 Å². The van der Waals surface area contributed by atoms with Crippen LogP contribution in [0.4, 0.5) is 5.69 Å². The molecule has 6 nitrogen and oxygen atoms in total. The molecule has 6 heteroatoms. The van der Waals surface area contributed by atoms with Crippen molar-refractivity contribution < 1.29 is 14.3 Å². The molecule has 6 rings (SSSR count). The van der Waals surface area contributed by atoms with Gasteiger partial charge in [-0.3, -0.25) is 9.79 Å². The number of carbonyl (C=O) groups is 1. The predicted octanol–water partition coefficient (Wildman–Crippen LogP) is 6.99. The maximum atomic E-state index is 13.6. The lowest BCUT2D eigenvalue weighted by Crippen LogP contribution is -2.39. The van der Waals surface area contributed by atoms with Gasteiger partial charge in [-0.15, -0.1) is 0 Å². The van der Waals surface area contributed by atoms with Crippen LogP contribution in [-0.2, 0) is 17.6 Å². The summed E-state index contributed by atoms with van der Waals surface area (Å²) < 4.78 is 6.31. The molecule has 2 atom stereocenters. The monoisotopic (exact) mass is 543 g/mol. The standard InChI is InChI=1S/C35H33N3O3/c1-22-16-27(39)13-12-25(22)20-31(36-2)35(40)38-30-14-15-37-34-28(30)18-24(17-23-8-4-3-5-9-23)19-29(34)33-21-26-10-6-7-11-32(26)41-33/h3-13,16,18-19,21,30-31,37,39H,2,14-15,17,20H2,1H3,(H,38,40)/t30-,31+/m1/s1. The summed E-state index contributed by atoms with van der Waals surface area (Å²) in [6, 6.07) is 29.2. The van der Waals surface area contributed by atoms with E-state index in [9.17, 15) is 9.90 Å². The minimum absolute atomic E-state index is 0.163. The molecule has 0 unspecified atom stereocenters. The Morgan fingerprint density at radius 2 is 1.85 bits per heavy atom. The third kappa shape index (κ3) is 5.59. The first-order chi connectivity index (χ1) is 20.0. The van der Waals surface area contributed by atoms with Gasteiger partial charge >= 0.3 is 0 Å². The number of aromatic hydroxyl groups is 1. The van der Waals surface area contributed by atoms with Crippen LogP contribution in [0.1, 0.15) is 40.3 Å². The van der Waals surface area contributed by atoms with Crippen LogP contribution in [0.25, 0.3) is 22.3 Å². The Balaban J connectivity index is 1.35. The van der Waals surface area contributed by atoms with E-state index >= 15 is 0 Å². The summed E-state index contributed by atoms with van der Waals surface area (Å²) in [5.74, 6) is 0.839. The molecule has 0 aliphatic carbocycles. The summed E-state index contributed by atoms with van der Waals surface area (Å²) in [5, 5.41) is 17.7. The first kappa shape index (κ1) is 26.4. The van der Waals surface area contributed by atoms with Crippen molar-refractivity contribution >= 4 is 29.3 Å². The van der Waals surface area contributed by atoms with Gasteiger partial charge in [0.15, 0.2) is 0 Å². The van der Waals surface area contributed by atoms with Crippen molar-refractivity contribution in [3.63, 3.8) is 0 Å². The van der Waals surface area contributed by atoms with Crippen molar-refractivity contribution in [2.45, 2.75) is 38.3 Å². The highest BCUT2D eigenvalue weighted by Crippen LogP contribution is 2.41. The molecule has 0 saturated heterocycles. The molecular formula is C35H33N3O3. The van der Waals surface area contributed by atoms with Gasteiger partial charge in [-0.25, -0.2) is 0 Å². The Hall–Kier alpha value is -4.84. The number of rotatable bonds is 8. The van der Waals surface area contributed by atoms with Crippen molar-refractivity contribution in [2.75, 3.05) is 11.9 Å². The number of hydrogen-bond acceptors (Lipinski definition) is 5. The zero-order chi connectivity index (χ0) is 28.3. The number of fused-ring (bicyclic) bond motifs is 2. The predicted molar refractivity (Wildman–Crippen MR) is 165 cm³/mol. The van der Waals surface area contributed by atoms with Crippen LogP contribution in [0.3, 0.4) is 0 Å². The van der Waals surface area contributed by atoms with Crippen molar-refractivity contribution in [1.82, 2.24) is 5.32 Å². The summed E-state index contributed by atoms with van der Waals surface area (Å²) in [6.45, 7) is 6.35. The summed E-state index contributed by atoms with van der Waals surface area (Å²) in [6.07, 6.45) is 1.92. The van der Waals surface area contributed by atoms with Gasteiger partial charge in [-0.05, 0) is 84.6 Å². The second kappa shape index (κ2) is 11.3. The number of anilines is 1. The van der Waals surface area contributed by atoms with E-state index < -0.39 is 6.04 Å². The lowest BCUT2D eigenvalue weighted by molar-refractivity contribution is -0.123. The SMILES string of the molecule is C=N[C@@H](Cc1ccc(O)cc1C)C(=O)N[C@@H]1CCNc2c(-c3cc4ccccc4o3)cc(Cc3ccccc3)cc21. The number of amides is 1. The Morgan fingerprint density at radius 3 is 2.63 bits per heavy atom. The molecule has 41 heavy (non-hydrogen) atoms. The fraction of sp³-hybridized carbons (Fsp3) is 0.200. The smallest absolute Gasteiger partial charge is 0.245 e. The molecule has 1 aromatic heterocycles. The normalized spacial score (nSPS) is 15.1. The van der Waals surface area contributed by atoms with Gasteiger partial charge in [0, 0.05) is 23.9 Å². The number of para-hydroxylation sites is 1. The van der Waals surface area contributed by atoms with Gasteiger partial charge in [-0.2, -0.15) is 0 Å². The molecule has 5 aromatic rings. The number of benzene rings is 4. The second-order valence-corrected chi connectivity index (χ2v) is 10.7. The van der Waals surface area contributed by atoms with Crippen LogP contribution in [0.2, 0.25) is 0 Å². The second-order valence-electron chi connectivity index (χ2n) is 10.7. The average Bonchev–Trinajstić information content (AvgIpc) is 3.41. The van der Waals surface area contributed by atoms with Gasteiger partial charge in [0.1, 0.15) is 23.1 Å². The maximum Gasteiger partial charge on any atom is 0.245 e. The lowest BCUT2D eigenvalue weighted by atomic mass is 9.89. The van der Waals surface area contributed by atoms with Gasteiger partial charge in [0.05, 0.1) is 11.7 Å². The van der Waals surface area contributed by atoms with Gasteiger partial charge < -0.3 is 20.2 Å². The summed E-state index contributed by atoms with van der Waals surface area (Å²) in [4.78, 5) is 17.7. The number of nitrogens with one attached hydrogen (secondary N) is 2. The molecular weight excluding hydrogens is 510 g/mol. The quantitative estimate of drug-likeness (QED) is 0.184. The molecule has 0 fully saturated rings. The van der Waals surface area contributed by atoms with E-state index in [0.29, 0.717) is 13.0 Å². The fourth-order valence-electron chi connectivity index (χ4n) is 5.71. The minimum atomic E-state index is -0.640.